The number of carbonyl (C=O) groups is 2. The monoisotopic (exact) mass is 413 g/mol. The molecule has 160 valence electrons. The van der Waals surface area contributed by atoms with Crippen molar-refractivity contribution < 1.29 is 19.4 Å². The van der Waals surface area contributed by atoms with Gasteiger partial charge in [0.05, 0.1) is 30.1 Å². The second-order valence-corrected chi connectivity index (χ2v) is 7.07. The topological polar surface area (TPSA) is 134 Å². The number of nitrogens with one attached hydrogen (secondary N) is 1. The minimum Gasteiger partial charge on any atom is -0.460 e. The van der Waals surface area contributed by atoms with Crippen LogP contribution in [-0.2, 0) is 9.53 Å². The second-order valence-electron chi connectivity index (χ2n) is 7.07. The lowest BCUT2D eigenvalue weighted by molar-refractivity contribution is -0.119. The molecule has 3 rings (SSSR count). The lowest BCUT2D eigenvalue weighted by Crippen LogP contribution is -2.48. The Morgan fingerprint density at radius 3 is 2.53 bits per heavy atom. The molecule has 0 aliphatic carbocycles. The van der Waals surface area contributed by atoms with Crippen LogP contribution in [0.2, 0.25) is 0 Å². The van der Waals surface area contributed by atoms with Crippen molar-refractivity contribution in [2.24, 2.45) is 5.73 Å². The highest BCUT2D eigenvalue weighted by atomic mass is 16.5. The molecule has 0 atom stereocenters. The molecule has 1 aliphatic rings. The van der Waals surface area contributed by atoms with Crippen molar-refractivity contribution in [3.63, 3.8) is 0 Å². The molecule has 9 heteroatoms. The van der Waals surface area contributed by atoms with E-state index in [2.05, 4.69) is 15.1 Å². The summed E-state index contributed by atoms with van der Waals surface area (Å²) in [7, 11) is 0. The zero-order chi connectivity index (χ0) is 21.5. The predicted octanol–water partition coefficient (Wildman–Crippen LogP) is 0.769. The van der Waals surface area contributed by atoms with Crippen molar-refractivity contribution in [3.8, 4) is 0 Å². The lowest BCUT2D eigenvalue weighted by Gasteiger charge is -2.35. The van der Waals surface area contributed by atoms with Gasteiger partial charge >= 0.3 is 5.97 Å². The number of amides is 1. The van der Waals surface area contributed by atoms with Crippen LogP contribution in [0.3, 0.4) is 0 Å². The maximum atomic E-state index is 11.9. The summed E-state index contributed by atoms with van der Waals surface area (Å²) in [5, 5.41) is 12.0. The van der Waals surface area contributed by atoms with E-state index < -0.39 is 5.97 Å². The van der Waals surface area contributed by atoms with Gasteiger partial charge in [0.25, 0.3) is 0 Å². The Morgan fingerprint density at radius 1 is 1.10 bits per heavy atom. The number of primary amides is 1. The van der Waals surface area contributed by atoms with Gasteiger partial charge in [-0.15, -0.1) is 0 Å². The molecule has 30 heavy (non-hydrogen) atoms. The van der Waals surface area contributed by atoms with Crippen molar-refractivity contribution in [1.29, 1.82) is 0 Å². The highest BCUT2D eigenvalue weighted by Crippen LogP contribution is 2.27. The van der Waals surface area contributed by atoms with Gasteiger partial charge in [0.1, 0.15) is 6.61 Å². The fraction of sp³-hybridized carbons (Fsp3) is 0.333. The molecule has 0 unspecified atom stereocenters. The normalized spacial score (nSPS) is 14.4. The molecule has 2 aromatic carbocycles. The number of nitrogens with zero attached hydrogens (tertiary/aromatic N) is 2. The third-order valence-corrected chi connectivity index (χ3v) is 4.85. The maximum absolute atomic E-state index is 11.9. The third-order valence-electron chi connectivity index (χ3n) is 4.85. The molecule has 1 saturated heterocycles. The number of benzene rings is 2. The van der Waals surface area contributed by atoms with Crippen LogP contribution < -0.4 is 21.7 Å². The first kappa shape index (κ1) is 21.4. The van der Waals surface area contributed by atoms with Crippen LogP contribution in [0.5, 0.6) is 0 Å². The van der Waals surface area contributed by atoms with Crippen molar-refractivity contribution in [2.75, 3.05) is 61.9 Å². The first-order valence-electron chi connectivity index (χ1n) is 9.76. The standard InChI is InChI=1S/C21H27N5O4/c22-18-12-15(21(29)30-11-10-27)4-5-19(18)24-16-2-1-3-17(13-16)26-8-6-25(7-9-26)14-20(23)28/h1-5,12-13,24,27H,6-11,14,22H2,(H2,23,28). The quantitative estimate of drug-likeness (QED) is 0.368. The zero-order valence-corrected chi connectivity index (χ0v) is 16.7. The average Bonchev–Trinajstić information content (AvgIpc) is 2.74. The highest BCUT2D eigenvalue weighted by Gasteiger charge is 2.18. The van der Waals surface area contributed by atoms with Gasteiger partial charge < -0.3 is 31.5 Å². The van der Waals surface area contributed by atoms with Gasteiger partial charge in [-0.1, -0.05) is 6.07 Å². The van der Waals surface area contributed by atoms with E-state index in [1.807, 2.05) is 24.3 Å². The number of anilines is 4. The summed E-state index contributed by atoms with van der Waals surface area (Å²) in [4.78, 5) is 27.3. The number of hydrogen-bond donors (Lipinski definition) is 4. The van der Waals surface area contributed by atoms with E-state index in [-0.39, 0.29) is 25.7 Å². The van der Waals surface area contributed by atoms with E-state index in [0.717, 1.165) is 37.6 Å². The number of rotatable bonds is 8. The largest absolute Gasteiger partial charge is 0.460 e. The SMILES string of the molecule is NC(=O)CN1CCN(c2cccc(Nc3ccc(C(=O)OCCO)cc3N)c2)CC1. The van der Waals surface area contributed by atoms with Crippen LogP contribution in [0.25, 0.3) is 0 Å². The number of aliphatic hydroxyl groups is 1. The third kappa shape index (κ3) is 5.62. The van der Waals surface area contributed by atoms with Crippen molar-refractivity contribution in [3.05, 3.63) is 48.0 Å². The molecule has 6 N–H and O–H groups in total. The van der Waals surface area contributed by atoms with Crippen LogP contribution in [0.15, 0.2) is 42.5 Å². The molecule has 1 aliphatic heterocycles. The Hall–Kier alpha value is -3.30. The molecule has 0 spiro atoms. The van der Waals surface area contributed by atoms with Crippen LogP contribution >= 0.6 is 0 Å². The summed E-state index contributed by atoms with van der Waals surface area (Å²) in [6, 6.07) is 12.9. The number of piperazine rings is 1. The Kier molecular flexibility index (Phi) is 7.10. The molecule has 0 aromatic heterocycles. The maximum Gasteiger partial charge on any atom is 0.338 e. The number of carbonyl (C=O) groups excluding carboxylic acids is 2. The minimum atomic E-state index is -0.528. The molecule has 0 radical (unpaired) electrons. The smallest absolute Gasteiger partial charge is 0.338 e. The van der Waals surface area contributed by atoms with Gasteiger partial charge in [0, 0.05) is 37.6 Å². The molecule has 1 heterocycles. The van der Waals surface area contributed by atoms with Crippen LogP contribution in [0, 0.1) is 0 Å². The summed E-state index contributed by atoms with van der Waals surface area (Å²) in [6.45, 7) is 3.19. The molecule has 0 saturated carbocycles. The zero-order valence-electron chi connectivity index (χ0n) is 16.7. The summed E-state index contributed by atoms with van der Waals surface area (Å²) >= 11 is 0. The number of ether oxygens (including phenoxy) is 1. The molecule has 0 bridgehead atoms. The van der Waals surface area contributed by atoms with Gasteiger partial charge in [0.15, 0.2) is 0 Å². The van der Waals surface area contributed by atoms with E-state index in [9.17, 15) is 9.59 Å². The van der Waals surface area contributed by atoms with E-state index in [1.54, 1.807) is 18.2 Å². The van der Waals surface area contributed by atoms with E-state index >= 15 is 0 Å². The number of aliphatic hydroxyl groups excluding tert-OH is 1. The number of esters is 1. The van der Waals surface area contributed by atoms with Crippen LogP contribution in [-0.4, -0.2) is 67.8 Å². The Morgan fingerprint density at radius 2 is 1.87 bits per heavy atom. The van der Waals surface area contributed by atoms with Gasteiger partial charge in [-0.3, -0.25) is 9.69 Å². The van der Waals surface area contributed by atoms with Crippen molar-refractivity contribution >= 4 is 34.6 Å². The Balaban J connectivity index is 1.64. The van der Waals surface area contributed by atoms with E-state index in [1.165, 1.54) is 0 Å². The molecule has 9 nitrogen and oxygen atoms in total. The Labute approximate surface area is 175 Å². The van der Waals surface area contributed by atoms with E-state index in [0.29, 0.717) is 16.9 Å². The predicted molar refractivity (Wildman–Crippen MR) is 116 cm³/mol. The molecule has 2 aromatic rings. The van der Waals surface area contributed by atoms with Gasteiger partial charge in [-0.2, -0.15) is 0 Å². The lowest BCUT2D eigenvalue weighted by atomic mass is 10.1. The first-order chi connectivity index (χ1) is 14.5. The van der Waals surface area contributed by atoms with Gasteiger partial charge in [0.2, 0.25) is 5.91 Å². The number of nitrogen functional groups attached to an aromatic ring is 1. The van der Waals surface area contributed by atoms with Crippen molar-refractivity contribution in [2.45, 2.75) is 0 Å². The fourth-order valence-corrected chi connectivity index (χ4v) is 3.35. The molecule has 1 fully saturated rings. The first-order valence-corrected chi connectivity index (χ1v) is 9.76. The molecule has 1 amide bonds. The number of nitrogens with two attached hydrogens (primary N) is 2. The average molecular weight is 413 g/mol. The van der Waals surface area contributed by atoms with Gasteiger partial charge in [-0.25, -0.2) is 4.79 Å². The Bertz CT molecular complexity index is 897. The fourth-order valence-electron chi connectivity index (χ4n) is 3.35. The summed E-state index contributed by atoms with van der Waals surface area (Å²) in [5.74, 6) is -0.834. The highest BCUT2D eigenvalue weighted by molar-refractivity contribution is 5.92. The summed E-state index contributed by atoms with van der Waals surface area (Å²) < 4.78 is 4.90. The van der Waals surface area contributed by atoms with E-state index in [4.69, 9.17) is 21.3 Å². The summed E-state index contributed by atoms with van der Waals surface area (Å²) in [5.41, 5.74) is 14.7. The van der Waals surface area contributed by atoms with Crippen LogP contribution in [0.4, 0.5) is 22.7 Å². The summed E-state index contributed by atoms with van der Waals surface area (Å²) in [6.07, 6.45) is 0. The number of hydrogen-bond acceptors (Lipinski definition) is 8. The van der Waals surface area contributed by atoms with Crippen LogP contribution in [0.1, 0.15) is 10.4 Å². The molecular weight excluding hydrogens is 386 g/mol. The second kappa shape index (κ2) is 9.95. The van der Waals surface area contributed by atoms with Crippen molar-refractivity contribution in [1.82, 2.24) is 4.90 Å². The van der Waals surface area contributed by atoms with Gasteiger partial charge in [-0.05, 0) is 36.4 Å². The molecular formula is C21H27N5O4. The minimum absolute atomic E-state index is 0.0533.